The summed E-state index contributed by atoms with van der Waals surface area (Å²) >= 11 is 0. The van der Waals surface area contributed by atoms with Crippen LogP contribution in [0.5, 0.6) is 5.75 Å². The zero-order chi connectivity index (χ0) is 14.1. The zero-order valence-electron chi connectivity index (χ0n) is 13.2. The van der Waals surface area contributed by atoms with Crippen LogP contribution in [0, 0.1) is 6.92 Å². The van der Waals surface area contributed by atoms with E-state index in [0.717, 1.165) is 12.2 Å². The largest absolute Gasteiger partial charge is 0.490 e. The first kappa shape index (κ1) is 16.1. The quantitative estimate of drug-likeness (QED) is 0.556. The van der Waals surface area contributed by atoms with Gasteiger partial charge in [-0.15, -0.1) is 0 Å². The smallest absolute Gasteiger partial charge is 0.119 e. The first-order valence-corrected chi connectivity index (χ1v) is 7.97. The molecule has 1 aromatic carbocycles. The molecule has 1 heteroatoms. The summed E-state index contributed by atoms with van der Waals surface area (Å²) in [5.41, 5.74) is 2.82. The van der Waals surface area contributed by atoms with Gasteiger partial charge in [-0.25, -0.2) is 0 Å². The van der Waals surface area contributed by atoms with Crippen LogP contribution in [0.4, 0.5) is 0 Å². The van der Waals surface area contributed by atoms with E-state index in [1.807, 2.05) is 0 Å². The van der Waals surface area contributed by atoms with Gasteiger partial charge >= 0.3 is 0 Å². The summed E-state index contributed by atoms with van der Waals surface area (Å²) in [6.45, 7) is 8.90. The van der Waals surface area contributed by atoms with Crippen LogP contribution in [0.1, 0.15) is 70.4 Å². The number of ether oxygens (including phenoxy) is 1. The Morgan fingerprint density at radius 3 is 2.37 bits per heavy atom. The van der Waals surface area contributed by atoms with Crippen molar-refractivity contribution in [3.8, 4) is 5.75 Å². The van der Waals surface area contributed by atoms with Gasteiger partial charge in [-0.3, -0.25) is 0 Å². The first-order chi connectivity index (χ1) is 9.21. The van der Waals surface area contributed by atoms with Gasteiger partial charge in [0.2, 0.25) is 0 Å². The minimum absolute atomic E-state index is 0.390. The minimum atomic E-state index is 0.390. The van der Waals surface area contributed by atoms with Crippen LogP contribution in [-0.2, 0) is 6.42 Å². The Hall–Kier alpha value is -0.980. The lowest BCUT2D eigenvalue weighted by atomic mass is 10.0. The van der Waals surface area contributed by atoms with Gasteiger partial charge < -0.3 is 4.74 Å². The maximum atomic E-state index is 6.17. The lowest BCUT2D eigenvalue weighted by Gasteiger charge is -2.19. The molecule has 1 rings (SSSR count). The van der Waals surface area contributed by atoms with Crippen LogP contribution in [0.15, 0.2) is 18.2 Å². The number of hydrogen-bond donors (Lipinski definition) is 0. The molecule has 1 unspecified atom stereocenters. The van der Waals surface area contributed by atoms with Crippen molar-refractivity contribution >= 4 is 0 Å². The molecule has 0 N–H and O–H groups in total. The Balaban J connectivity index is 2.65. The minimum Gasteiger partial charge on any atom is -0.490 e. The lowest BCUT2D eigenvalue weighted by molar-refractivity contribution is 0.176. The highest BCUT2D eigenvalue weighted by molar-refractivity contribution is 5.35. The monoisotopic (exact) mass is 262 g/mol. The van der Waals surface area contributed by atoms with Gasteiger partial charge in [-0.1, -0.05) is 52.5 Å². The van der Waals surface area contributed by atoms with Crippen LogP contribution >= 0.6 is 0 Å². The fourth-order valence-electron chi connectivity index (χ4n) is 2.50. The van der Waals surface area contributed by atoms with Gasteiger partial charge in [0, 0.05) is 0 Å². The number of unbranched alkanes of at least 4 members (excludes halogenated alkanes) is 1. The summed E-state index contributed by atoms with van der Waals surface area (Å²) in [6, 6.07) is 6.59. The molecule has 19 heavy (non-hydrogen) atoms. The van der Waals surface area contributed by atoms with Crippen LogP contribution < -0.4 is 4.74 Å². The molecular weight excluding hydrogens is 232 g/mol. The molecule has 0 aliphatic heterocycles. The normalized spacial score (nSPS) is 12.4. The van der Waals surface area contributed by atoms with Crippen LogP contribution in [-0.4, -0.2) is 6.10 Å². The summed E-state index contributed by atoms with van der Waals surface area (Å²) in [7, 11) is 0. The van der Waals surface area contributed by atoms with E-state index in [4.69, 9.17) is 4.74 Å². The summed E-state index contributed by atoms with van der Waals surface area (Å²) in [4.78, 5) is 0. The van der Waals surface area contributed by atoms with E-state index in [1.165, 1.54) is 49.7 Å². The zero-order valence-corrected chi connectivity index (χ0v) is 13.2. The third-order valence-corrected chi connectivity index (χ3v) is 3.63. The Morgan fingerprint density at radius 2 is 1.79 bits per heavy atom. The molecule has 0 heterocycles. The lowest BCUT2D eigenvalue weighted by Crippen LogP contribution is -2.16. The molecule has 0 bridgehead atoms. The summed E-state index contributed by atoms with van der Waals surface area (Å²) in [6.07, 6.45) is 8.81. The van der Waals surface area contributed by atoms with Crippen molar-refractivity contribution in [2.45, 2.75) is 78.7 Å². The third-order valence-electron chi connectivity index (χ3n) is 3.63. The highest BCUT2D eigenvalue weighted by atomic mass is 16.5. The maximum absolute atomic E-state index is 6.17. The van der Waals surface area contributed by atoms with Crippen molar-refractivity contribution in [3.05, 3.63) is 29.3 Å². The molecule has 0 aromatic heterocycles. The molecule has 0 amide bonds. The molecule has 0 spiro atoms. The van der Waals surface area contributed by atoms with E-state index in [1.54, 1.807) is 0 Å². The maximum Gasteiger partial charge on any atom is 0.119 e. The second kappa shape index (κ2) is 9.01. The second-order valence-corrected chi connectivity index (χ2v) is 5.51. The van der Waals surface area contributed by atoms with Crippen LogP contribution in [0.25, 0.3) is 0 Å². The van der Waals surface area contributed by atoms with E-state index in [-0.39, 0.29) is 0 Å². The molecule has 0 aliphatic carbocycles. The summed E-state index contributed by atoms with van der Waals surface area (Å²) < 4.78 is 6.17. The van der Waals surface area contributed by atoms with Gasteiger partial charge in [0.15, 0.2) is 0 Å². The van der Waals surface area contributed by atoms with Crippen molar-refractivity contribution in [1.82, 2.24) is 0 Å². The van der Waals surface area contributed by atoms with E-state index in [2.05, 4.69) is 45.9 Å². The van der Waals surface area contributed by atoms with Gasteiger partial charge in [0.05, 0.1) is 6.10 Å². The number of hydrogen-bond acceptors (Lipinski definition) is 1. The van der Waals surface area contributed by atoms with Crippen molar-refractivity contribution in [2.24, 2.45) is 0 Å². The Kier molecular flexibility index (Phi) is 7.62. The van der Waals surface area contributed by atoms with Crippen molar-refractivity contribution in [1.29, 1.82) is 0 Å². The van der Waals surface area contributed by atoms with E-state index in [9.17, 15) is 0 Å². The van der Waals surface area contributed by atoms with Gasteiger partial charge in [0.1, 0.15) is 5.75 Å². The molecular formula is C18H30O. The second-order valence-electron chi connectivity index (χ2n) is 5.51. The van der Waals surface area contributed by atoms with E-state index >= 15 is 0 Å². The van der Waals surface area contributed by atoms with Gasteiger partial charge in [0.25, 0.3) is 0 Å². The average Bonchev–Trinajstić information content (AvgIpc) is 2.39. The molecule has 0 saturated carbocycles. The highest BCUT2D eigenvalue weighted by Gasteiger charge is 2.09. The summed E-state index contributed by atoms with van der Waals surface area (Å²) in [5, 5.41) is 0. The molecule has 1 atom stereocenters. The van der Waals surface area contributed by atoms with Crippen molar-refractivity contribution in [3.63, 3.8) is 0 Å². The molecule has 0 aliphatic rings. The SMILES string of the molecule is CCCCC(CCC)Oc1ccc(CCC)c(C)c1. The van der Waals surface area contributed by atoms with E-state index in [0.29, 0.717) is 6.10 Å². The molecule has 0 radical (unpaired) electrons. The average molecular weight is 262 g/mol. The van der Waals surface area contributed by atoms with Crippen LogP contribution in [0.3, 0.4) is 0 Å². The van der Waals surface area contributed by atoms with Crippen LogP contribution in [0.2, 0.25) is 0 Å². The first-order valence-electron chi connectivity index (χ1n) is 7.97. The predicted molar refractivity (Wildman–Crippen MR) is 84.0 cm³/mol. The van der Waals surface area contributed by atoms with Crippen molar-refractivity contribution < 1.29 is 4.74 Å². The number of benzene rings is 1. The molecule has 1 aromatic rings. The molecule has 0 saturated heterocycles. The fraction of sp³-hybridized carbons (Fsp3) is 0.667. The Morgan fingerprint density at radius 1 is 1.00 bits per heavy atom. The standard InChI is InChI=1S/C18H30O/c1-5-8-11-17(10-7-3)19-18-13-12-16(9-6-2)15(4)14-18/h12-14,17H,5-11H2,1-4H3. The topological polar surface area (TPSA) is 9.23 Å². The van der Waals surface area contributed by atoms with Gasteiger partial charge in [-0.05, 0) is 49.4 Å². The Bertz CT molecular complexity index is 357. The van der Waals surface area contributed by atoms with Gasteiger partial charge in [-0.2, -0.15) is 0 Å². The number of rotatable bonds is 9. The summed E-state index contributed by atoms with van der Waals surface area (Å²) in [5.74, 6) is 1.05. The van der Waals surface area contributed by atoms with Crippen molar-refractivity contribution in [2.75, 3.05) is 0 Å². The predicted octanol–water partition coefficient (Wildman–Crippen LogP) is 5.69. The Labute approximate surface area is 119 Å². The third kappa shape index (κ3) is 5.67. The fourth-order valence-corrected chi connectivity index (χ4v) is 2.50. The number of aryl methyl sites for hydroxylation is 2. The molecule has 0 fully saturated rings. The molecule has 1 nitrogen and oxygen atoms in total. The van der Waals surface area contributed by atoms with E-state index < -0.39 is 0 Å². The highest BCUT2D eigenvalue weighted by Crippen LogP contribution is 2.22. The molecule has 108 valence electrons.